The maximum Gasteiger partial charge on any atom is 0.338 e. The van der Waals surface area contributed by atoms with Gasteiger partial charge in [-0.3, -0.25) is 9.00 Å². The second-order valence-electron chi connectivity index (χ2n) is 6.21. The second-order valence-corrected chi connectivity index (χ2v) is 7.83. The number of esters is 1. The third-order valence-corrected chi connectivity index (χ3v) is 5.73. The van der Waals surface area contributed by atoms with Crippen LogP contribution in [0, 0.1) is 0 Å². The minimum absolute atomic E-state index is 0.0840. The molecule has 0 amide bonds. The van der Waals surface area contributed by atoms with E-state index in [0.717, 1.165) is 12.0 Å². The van der Waals surface area contributed by atoms with Gasteiger partial charge in [0.05, 0.1) is 12.2 Å². The Morgan fingerprint density at radius 2 is 1.78 bits per heavy atom. The van der Waals surface area contributed by atoms with Crippen molar-refractivity contribution in [1.29, 1.82) is 0 Å². The van der Waals surface area contributed by atoms with Crippen molar-refractivity contribution in [3.05, 3.63) is 71.3 Å². The molecule has 2 unspecified atom stereocenters. The Bertz CT molecular complexity index is 788. The van der Waals surface area contributed by atoms with Gasteiger partial charge in [0.15, 0.2) is 0 Å². The van der Waals surface area contributed by atoms with Crippen LogP contribution in [0.4, 0.5) is 0 Å². The van der Waals surface area contributed by atoms with Crippen molar-refractivity contribution in [2.75, 3.05) is 6.61 Å². The van der Waals surface area contributed by atoms with Crippen LogP contribution in [-0.2, 0) is 32.5 Å². The van der Waals surface area contributed by atoms with Crippen molar-refractivity contribution in [2.24, 2.45) is 0 Å². The molecule has 0 radical (unpaired) electrons. The smallest absolute Gasteiger partial charge is 0.338 e. The molecule has 0 saturated carbocycles. The highest BCUT2D eigenvalue weighted by Gasteiger charge is 2.24. The van der Waals surface area contributed by atoms with Crippen molar-refractivity contribution in [3.63, 3.8) is 0 Å². The van der Waals surface area contributed by atoms with Crippen molar-refractivity contribution in [2.45, 2.75) is 37.2 Å². The first kappa shape index (κ1) is 20.8. The van der Waals surface area contributed by atoms with E-state index in [-0.39, 0.29) is 5.75 Å². The normalized spacial score (nSPS) is 12.9. The average molecular weight is 388 g/mol. The molecule has 0 aromatic heterocycles. The molecule has 0 heterocycles. The van der Waals surface area contributed by atoms with Gasteiger partial charge in [-0.25, -0.2) is 4.79 Å². The second kappa shape index (κ2) is 10.6. The standard InChI is InChI=1S/C21H24O5S/c1-2-13-26-21(24)18-10-6-9-17(14-18)15-27(25)19(20(22)23)12-11-16-7-4-3-5-8-16/h3-10,14,19H,2,11-13,15H2,1H3,(H,22,23). The minimum atomic E-state index is -1.59. The molecule has 0 bridgehead atoms. The number of benzene rings is 2. The average Bonchev–Trinajstić information content (AvgIpc) is 2.67. The summed E-state index contributed by atoms with van der Waals surface area (Å²) in [5, 5.41) is 8.51. The van der Waals surface area contributed by atoms with Gasteiger partial charge in [-0.05, 0) is 42.5 Å². The molecular weight excluding hydrogens is 364 g/mol. The van der Waals surface area contributed by atoms with Crippen LogP contribution in [0.1, 0.15) is 41.3 Å². The minimum Gasteiger partial charge on any atom is -0.480 e. The van der Waals surface area contributed by atoms with Gasteiger partial charge in [-0.1, -0.05) is 49.4 Å². The van der Waals surface area contributed by atoms with E-state index in [2.05, 4.69) is 0 Å². The van der Waals surface area contributed by atoms with Gasteiger partial charge in [-0.15, -0.1) is 0 Å². The fourth-order valence-corrected chi connectivity index (χ4v) is 3.96. The number of aryl methyl sites for hydroxylation is 1. The van der Waals surface area contributed by atoms with Crippen LogP contribution < -0.4 is 0 Å². The molecule has 2 aromatic rings. The number of ether oxygens (including phenoxy) is 1. The van der Waals surface area contributed by atoms with Crippen LogP contribution >= 0.6 is 0 Å². The topological polar surface area (TPSA) is 80.7 Å². The first-order chi connectivity index (χ1) is 13.0. The molecule has 2 atom stereocenters. The largest absolute Gasteiger partial charge is 0.480 e. The highest BCUT2D eigenvalue weighted by Crippen LogP contribution is 2.15. The first-order valence-corrected chi connectivity index (χ1v) is 10.3. The molecule has 144 valence electrons. The van der Waals surface area contributed by atoms with E-state index in [1.807, 2.05) is 37.3 Å². The van der Waals surface area contributed by atoms with E-state index >= 15 is 0 Å². The first-order valence-electron chi connectivity index (χ1n) is 8.91. The Hall–Kier alpha value is -2.47. The summed E-state index contributed by atoms with van der Waals surface area (Å²) in [6.07, 6.45) is 1.58. The Morgan fingerprint density at radius 3 is 2.44 bits per heavy atom. The quantitative estimate of drug-likeness (QED) is 0.629. The molecule has 2 aromatic carbocycles. The lowest BCUT2D eigenvalue weighted by atomic mass is 10.1. The Balaban J connectivity index is 2.02. The number of hydrogen-bond donors (Lipinski definition) is 1. The Morgan fingerprint density at radius 1 is 1.07 bits per heavy atom. The zero-order valence-electron chi connectivity index (χ0n) is 15.3. The van der Waals surface area contributed by atoms with Gasteiger partial charge >= 0.3 is 11.9 Å². The lowest BCUT2D eigenvalue weighted by Gasteiger charge is -2.13. The molecule has 5 nitrogen and oxygen atoms in total. The summed E-state index contributed by atoms with van der Waals surface area (Å²) < 4.78 is 17.7. The van der Waals surface area contributed by atoms with Crippen LogP contribution in [0.3, 0.4) is 0 Å². The molecule has 1 N–H and O–H groups in total. The van der Waals surface area contributed by atoms with Gasteiger partial charge < -0.3 is 9.84 Å². The molecule has 0 saturated heterocycles. The fourth-order valence-electron chi connectivity index (χ4n) is 2.64. The SMILES string of the molecule is CCCOC(=O)c1cccc(CS(=O)C(CCc2ccccc2)C(=O)O)c1. The summed E-state index contributed by atoms with van der Waals surface area (Å²) in [6, 6.07) is 16.2. The van der Waals surface area contributed by atoms with E-state index in [0.29, 0.717) is 30.6 Å². The van der Waals surface area contributed by atoms with E-state index in [1.165, 1.54) is 0 Å². The molecule has 6 heteroatoms. The van der Waals surface area contributed by atoms with Crippen molar-refractivity contribution < 1.29 is 23.6 Å². The highest BCUT2D eigenvalue weighted by molar-refractivity contribution is 7.85. The van der Waals surface area contributed by atoms with Crippen molar-refractivity contribution in [3.8, 4) is 0 Å². The van der Waals surface area contributed by atoms with Gasteiger partial charge in [-0.2, -0.15) is 0 Å². The van der Waals surface area contributed by atoms with E-state index in [9.17, 15) is 18.9 Å². The molecule has 2 rings (SSSR count). The van der Waals surface area contributed by atoms with Crippen LogP contribution in [0.25, 0.3) is 0 Å². The van der Waals surface area contributed by atoms with Crippen molar-refractivity contribution in [1.82, 2.24) is 0 Å². The van der Waals surface area contributed by atoms with Crippen LogP contribution in [0.5, 0.6) is 0 Å². The maximum atomic E-state index is 12.6. The van der Waals surface area contributed by atoms with Gasteiger partial charge in [0.25, 0.3) is 0 Å². The highest BCUT2D eigenvalue weighted by atomic mass is 32.2. The Kier molecular flexibility index (Phi) is 8.20. The van der Waals surface area contributed by atoms with Crippen LogP contribution in [0.15, 0.2) is 54.6 Å². The molecular formula is C21H24O5S. The number of carbonyl (C=O) groups excluding carboxylic acids is 1. The molecule has 0 spiro atoms. The predicted molar refractivity (Wildman–Crippen MR) is 105 cm³/mol. The Labute approximate surface area is 161 Å². The maximum absolute atomic E-state index is 12.6. The molecule has 0 aliphatic heterocycles. The number of hydrogen-bond acceptors (Lipinski definition) is 4. The number of carbonyl (C=O) groups is 2. The summed E-state index contributed by atoms with van der Waals surface area (Å²) in [6.45, 7) is 2.25. The fraction of sp³-hybridized carbons (Fsp3) is 0.333. The number of aliphatic carboxylic acids is 1. The van der Waals surface area contributed by atoms with Gasteiger partial charge in [0.2, 0.25) is 0 Å². The van der Waals surface area contributed by atoms with Gasteiger partial charge in [0.1, 0.15) is 5.25 Å². The van der Waals surface area contributed by atoms with Crippen LogP contribution in [-0.4, -0.2) is 33.1 Å². The summed E-state index contributed by atoms with van der Waals surface area (Å²) in [7, 11) is -1.59. The summed E-state index contributed by atoms with van der Waals surface area (Å²) in [5.74, 6) is -1.41. The monoisotopic (exact) mass is 388 g/mol. The van der Waals surface area contributed by atoms with E-state index in [4.69, 9.17) is 4.74 Å². The predicted octanol–water partition coefficient (Wildman–Crippen LogP) is 3.59. The van der Waals surface area contributed by atoms with E-state index in [1.54, 1.807) is 24.3 Å². The third kappa shape index (κ3) is 6.64. The van der Waals surface area contributed by atoms with Gasteiger partial charge in [0, 0.05) is 16.6 Å². The lowest BCUT2D eigenvalue weighted by molar-refractivity contribution is -0.136. The number of carboxylic acids is 1. The molecule has 0 fully saturated rings. The van der Waals surface area contributed by atoms with Crippen molar-refractivity contribution >= 4 is 22.7 Å². The zero-order valence-corrected chi connectivity index (χ0v) is 16.1. The molecule has 27 heavy (non-hydrogen) atoms. The molecule has 0 aliphatic carbocycles. The molecule has 0 aliphatic rings. The summed E-state index contributed by atoms with van der Waals surface area (Å²) >= 11 is 0. The third-order valence-electron chi connectivity index (χ3n) is 4.04. The number of carboxylic acid groups (broad SMARTS) is 1. The van der Waals surface area contributed by atoms with Crippen LogP contribution in [0.2, 0.25) is 0 Å². The summed E-state index contributed by atoms with van der Waals surface area (Å²) in [5.41, 5.74) is 2.06. The lowest BCUT2D eigenvalue weighted by Crippen LogP contribution is -2.27. The number of rotatable bonds is 10. The zero-order chi connectivity index (χ0) is 19.6. The van der Waals surface area contributed by atoms with E-state index < -0.39 is 28.0 Å². The summed E-state index contributed by atoms with van der Waals surface area (Å²) in [4.78, 5) is 23.5.